The van der Waals surface area contributed by atoms with E-state index in [1.54, 1.807) is 18.2 Å². The van der Waals surface area contributed by atoms with Gasteiger partial charge in [-0.05, 0) is 24.6 Å². The lowest BCUT2D eigenvalue weighted by atomic mass is 10.2. The fourth-order valence-electron chi connectivity index (χ4n) is 1.70. The molecule has 0 atom stereocenters. The summed E-state index contributed by atoms with van der Waals surface area (Å²) in [5.41, 5.74) is 2.21. The second kappa shape index (κ2) is 6.78. The van der Waals surface area contributed by atoms with Crippen LogP contribution in [-0.4, -0.2) is 25.2 Å². The lowest BCUT2D eigenvalue weighted by Crippen LogP contribution is -2.19. The van der Waals surface area contributed by atoms with Gasteiger partial charge >= 0.3 is 0 Å². The summed E-state index contributed by atoms with van der Waals surface area (Å²) in [6.07, 6.45) is 0.998. The van der Waals surface area contributed by atoms with Crippen molar-refractivity contribution in [1.29, 1.82) is 0 Å². The van der Waals surface area contributed by atoms with E-state index in [0.717, 1.165) is 29.9 Å². The molecule has 0 radical (unpaired) electrons. The number of benzene rings is 1. The zero-order valence-corrected chi connectivity index (χ0v) is 12.7. The van der Waals surface area contributed by atoms with Crippen LogP contribution in [0.3, 0.4) is 0 Å². The van der Waals surface area contributed by atoms with Gasteiger partial charge in [0.1, 0.15) is 5.51 Å². The molecule has 1 aromatic carbocycles. The highest BCUT2D eigenvalue weighted by molar-refractivity contribution is 7.93. The van der Waals surface area contributed by atoms with E-state index in [0.29, 0.717) is 6.54 Å². The Balaban J connectivity index is 2.22. The van der Waals surface area contributed by atoms with E-state index in [2.05, 4.69) is 27.2 Å². The van der Waals surface area contributed by atoms with E-state index in [9.17, 15) is 8.42 Å². The highest BCUT2D eigenvalue weighted by Crippen LogP contribution is 2.20. The SMILES string of the molecule is CCCNCc1ccccc1S(=O)(=O)Nc1nncs1. The van der Waals surface area contributed by atoms with Crippen molar-refractivity contribution in [3.8, 4) is 0 Å². The summed E-state index contributed by atoms with van der Waals surface area (Å²) >= 11 is 1.14. The summed E-state index contributed by atoms with van der Waals surface area (Å²) in [7, 11) is -3.63. The third-order valence-electron chi connectivity index (χ3n) is 2.59. The number of anilines is 1. The van der Waals surface area contributed by atoms with Gasteiger partial charge in [0, 0.05) is 6.54 Å². The van der Waals surface area contributed by atoms with Crippen molar-refractivity contribution in [3.63, 3.8) is 0 Å². The van der Waals surface area contributed by atoms with Gasteiger partial charge in [0.05, 0.1) is 4.90 Å². The molecule has 1 heterocycles. The standard InChI is InChI=1S/C12H16N4O2S2/c1-2-7-13-8-10-5-3-4-6-11(10)20(17,18)16-12-15-14-9-19-12/h3-6,9,13H,2,7-8H2,1H3,(H,15,16). The smallest absolute Gasteiger partial charge is 0.264 e. The van der Waals surface area contributed by atoms with Gasteiger partial charge in [-0.1, -0.05) is 36.5 Å². The van der Waals surface area contributed by atoms with Crippen molar-refractivity contribution >= 4 is 26.5 Å². The van der Waals surface area contributed by atoms with Gasteiger partial charge < -0.3 is 5.32 Å². The first-order valence-electron chi connectivity index (χ1n) is 6.21. The van der Waals surface area contributed by atoms with Crippen LogP contribution in [0.1, 0.15) is 18.9 Å². The van der Waals surface area contributed by atoms with Gasteiger partial charge in [-0.15, -0.1) is 10.2 Å². The Hall–Kier alpha value is -1.51. The normalized spacial score (nSPS) is 11.4. The molecule has 0 saturated heterocycles. The minimum absolute atomic E-state index is 0.263. The molecule has 1 aromatic heterocycles. The van der Waals surface area contributed by atoms with E-state index in [1.165, 1.54) is 5.51 Å². The van der Waals surface area contributed by atoms with Gasteiger partial charge in [0.2, 0.25) is 5.13 Å². The Morgan fingerprint density at radius 2 is 2.10 bits per heavy atom. The number of nitrogens with zero attached hydrogens (tertiary/aromatic N) is 2. The molecule has 0 unspecified atom stereocenters. The molecule has 0 aliphatic carbocycles. The molecule has 20 heavy (non-hydrogen) atoms. The number of hydrogen-bond donors (Lipinski definition) is 2. The average Bonchev–Trinajstić information content (AvgIpc) is 2.91. The minimum atomic E-state index is -3.63. The van der Waals surface area contributed by atoms with Crippen molar-refractivity contribution in [3.05, 3.63) is 35.3 Å². The van der Waals surface area contributed by atoms with Gasteiger partial charge in [-0.2, -0.15) is 0 Å². The number of hydrogen-bond acceptors (Lipinski definition) is 6. The molecule has 2 N–H and O–H groups in total. The van der Waals surface area contributed by atoms with Crippen LogP contribution in [0, 0.1) is 0 Å². The van der Waals surface area contributed by atoms with Crippen molar-refractivity contribution in [2.75, 3.05) is 11.3 Å². The first-order chi connectivity index (χ1) is 9.63. The van der Waals surface area contributed by atoms with Crippen LogP contribution in [0.2, 0.25) is 0 Å². The summed E-state index contributed by atoms with van der Waals surface area (Å²) in [5.74, 6) is 0. The van der Waals surface area contributed by atoms with Crippen LogP contribution < -0.4 is 10.0 Å². The molecule has 0 amide bonds. The maximum atomic E-state index is 12.4. The van der Waals surface area contributed by atoms with Crippen LogP contribution in [0.4, 0.5) is 5.13 Å². The van der Waals surface area contributed by atoms with Gasteiger partial charge in [0.15, 0.2) is 0 Å². The van der Waals surface area contributed by atoms with E-state index in [-0.39, 0.29) is 10.0 Å². The largest absolute Gasteiger partial charge is 0.313 e. The van der Waals surface area contributed by atoms with E-state index in [4.69, 9.17) is 0 Å². The number of nitrogens with one attached hydrogen (secondary N) is 2. The van der Waals surface area contributed by atoms with Crippen molar-refractivity contribution in [2.24, 2.45) is 0 Å². The number of sulfonamides is 1. The number of aromatic nitrogens is 2. The average molecular weight is 312 g/mol. The van der Waals surface area contributed by atoms with Crippen LogP contribution in [0.25, 0.3) is 0 Å². The third kappa shape index (κ3) is 3.75. The molecule has 6 nitrogen and oxygen atoms in total. The molecular formula is C12H16N4O2S2. The molecule has 108 valence electrons. The first-order valence-corrected chi connectivity index (χ1v) is 8.57. The van der Waals surface area contributed by atoms with Crippen molar-refractivity contribution in [1.82, 2.24) is 15.5 Å². The molecule has 0 aliphatic rings. The molecule has 0 saturated carbocycles. The predicted molar refractivity (Wildman–Crippen MR) is 79.2 cm³/mol. The quantitative estimate of drug-likeness (QED) is 0.762. The lowest BCUT2D eigenvalue weighted by Gasteiger charge is -2.11. The fourth-order valence-corrected chi connectivity index (χ4v) is 3.63. The Morgan fingerprint density at radius 1 is 1.30 bits per heavy atom. The third-order valence-corrected chi connectivity index (χ3v) is 4.76. The Labute approximate surface area is 122 Å². The Morgan fingerprint density at radius 3 is 2.80 bits per heavy atom. The maximum Gasteiger partial charge on any atom is 0.264 e. The van der Waals surface area contributed by atoms with Gasteiger partial charge in [0.25, 0.3) is 10.0 Å². The highest BCUT2D eigenvalue weighted by Gasteiger charge is 2.19. The highest BCUT2D eigenvalue weighted by atomic mass is 32.2. The molecule has 0 bridgehead atoms. The van der Waals surface area contributed by atoms with Crippen LogP contribution in [-0.2, 0) is 16.6 Å². The zero-order chi connectivity index (χ0) is 14.4. The topological polar surface area (TPSA) is 84.0 Å². The number of rotatable bonds is 7. The molecule has 8 heteroatoms. The Kier molecular flexibility index (Phi) is 5.05. The summed E-state index contributed by atoms with van der Waals surface area (Å²) in [4.78, 5) is 0.263. The van der Waals surface area contributed by atoms with Crippen molar-refractivity contribution in [2.45, 2.75) is 24.8 Å². The summed E-state index contributed by atoms with van der Waals surface area (Å²) in [6.45, 7) is 3.42. The van der Waals surface area contributed by atoms with E-state index < -0.39 is 10.0 Å². The van der Waals surface area contributed by atoms with Gasteiger partial charge in [-0.3, -0.25) is 4.72 Å². The zero-order valence-electron chi connectivity index (χ0n) is 11.0. The molecule has 0 aliphatic heterocycles. The van der Waals surface area contributed by atoms with Crippen LogP contribution in [0.15, 0.2) is 34.7 Å². The summed E-state index contributed by atoms with van der Waals surface area (Å²) < 4.78 is 27.1. The summed E-state index contributed by atoms with van der Waals surface area (Å²) in [6, 6.07) is 6.93. The second-order valence-electron chi connectivity index (χ2n) is 4.13. The monoisotopic (exact) mass is 312 g/mol. The van der Waals surface area contributed by atoms with Gasteiger partial charge in [-0.25, -0.2) is 8.42 Å². The fraction of sp³-hybridized carbons (Fsp3) is 0.333. The minimum Gasteiger partial charge on any atom is -0.313 e. The molecule has 0 spiro atoms. The lowest BCUT2D eigenvalue weighted by molar-refractivity contribution is 0.597. The van der Waals surface area contributed by atoms with E-state index in [1.807, 2.05) is 6.07 Å². The van der Waals surface area contributed by atoms with Crippen LogP contribution >= 0.6 is 11.3 Å². The predicted octanol–water partition coefficient (Wildman–Crippen LogP) is 1.84. The first kappa shape index (κ1) is 14.9. The molecule has 2 rings (SSSR count). The molecule has 0 fully saturated rings. The van der Waals surface area contributed by atoms with Crippen molar-refractivity contribution < 1.29 is 8.42 Å². The second-order valence-corrected chi connectivity index (χ2v) is 6.62. The molecular weight excluding hydrogens is 296 g/mol. The van der Waals surface area contributed by atoms with Crippen LogP contribution in [0.5, 0.6) is 0 Å². The maximum absolute atomic E-state index is 12.4. The summed E-state index contributed by atoms with van der Waals surface area (Å²) in [5, 5.41) is 10.8. The Bertz CT molecular complexity index is 641. The molecule has 2 aromatic rings. The van der Waals surface area contributed by atoms with E-state index >= 15 is 0 Å².